The molecule has 2 amide bonds. The molecular weight excluding hydrogens is 345 g/mol. The molecule has 5 nitrogen and oxygen atoms in total. The van der Waals surface area contributed by atoms with Gasteiger partial charge >= 0.3 is 0 Å². The van der Waals surface area contributed by atoms with Crippen molar-refractivity contribution >= 4 is 45.8 Å². The molecular formula is C12H14IN3O2. The average Bonchev–Trinajstić information content (AvgIpc) is 2.24. The lowest BCUT2D eigenvalue weighted by molar-refractivity contribution is -0.135. The largest absolute Gasteiger partial charge is 0.397 e. The van der Waals surface area contributed by atoms with Crippen molar-refractivity contribution in [2.24, 2.45) is 0 Å². The number of imide groups is 1. The van der Waals surface area contributed by atoms with Crippen LogP contribution in [0.25, 0.3) is 0 Å². The second-order valence-corrected chi connectivity index (χ2v) is 5.97. The number of nitrogens with one attached hydrogen (secondary N) is 1. The summed E-state index contributed by atoms with van der Waals surface area (Å²) in [6.07, 6.45) is 0. The smallest absolute Gasteiger partial charge is 0.251 e. The predicted octanol–water partition coefficient (Wildman–Crippen LogP) is 1.11. The van der Waals surface area contributed by atoms with Crippen LogP contribution >= 0.6 is 22.6 Å². The van der Waals surface area contributed by atoms with Crippen molar-refractivity contribution in [3.05, 3.63) is 21.8 Å². The third-order valence-corrected chi connectivity index (χ3v) is 3.74. The Morgan fingerprint density at radius 3 is 2.67 bits per heavy atom. The molecule has 0 unspecified atom stereocenters. The quantitative estimate of drug-likeness (QED) is 0.448. The standard InChI is InChI=1S/C12H14IN3O2/c1-12(2)11(18)15-10(17)6-16(12)9-4-3-7(13)5-8(9)14/h3-5H,6,14H2,1-2H3,(H,15,17,18). The Hall–Kier alpha value is -1.31. The van der Waals surface area contributed by atoms with E-state index in [0.29, 0.717) is 11.4 Å². The number of nitrogen functional groups attached to an aromatic ring is 1. The zero-order chi connectivity index (χ0) is 13.5. The molecule has 3 N–H and O–H groups in total. The van der Waals surface area contributed by atoms with Crippen LogP contribution in [0.3, 0.4) is 0 Å². The van der Waals surface area contributed by atoms with E-state index in [1.165, 1.54) is 0 Å². The van der Waals surface area contributed by atoms with Gasteiger partial charge < -0.3 is 10.6 Å². The Kier molecular flexibility index (Phi) is 3.22. The third kappa shape index (κ3) is 2.16. The molecule has 1 aliphatic heterocycles. The lowest BCUT2D eigenvalue weighted by Crippen LogP contribution is -2.64. The predicted molar refractivity (Wildman–Crippen MR) is 78.1 cm³/mol. The second kappa shape index (κ2) is 4.42. The Bertz CT molecular complexity index is 528. The van der Waals surface area contributed by atoms with Crippen LogP contribution in [-0.2, 0) is 9.59 Å². The highest BCUT2D eigenvalue weighted by molar-refractivity contribution is 14.1. The van der Waals surface area contributed by atoms with Crippen molar-refractivity contribution in [3.63, 3.8) is 0 Å². The van der Waals surface area contributed by atoms with Crippen LogP contribution in [0, 0.1) is 3.57 Å². The molecule has 0 radical (unpaired) electrons. The first-order valence-corrected chi connectivity index (χ1v) is 6.57. The molecule has 1 aromatic carbocycles. The SMILES string of the molecule is CC1(C)C(=O)NC(=O)CN1c1ccc(I)cc1N. The molecule has 1 saturated heterocycles. The van der Waals surface area contributed by atoms with Gasteiger partial charge in [0.1, 0.15) is 5.54 Å². The van der Waals surface area contributed by atoms with E-state index in [4.69, 9.17) is 5.73 Å². The molecule has 0 spiro atoms. The molecule has 2 rings (SSSR count). The van der Waals surface area contributed by atoms with E-state index in [9.17, 15) is 9.59 Å². The Morgan fingerprint density at radius 1 is 1.39 bits per heavy atom. The van der Waals surface area contributed by atoms with Crippen molar-refractivity contribution in [3.8, 4) is 0 Å². The number of nitrogens with two attached hydrogens (primary N) is 1. The van der Waals surface area contributed by atoms with Gasteiger partial charge in [0.05, 0.1) is 17.9 Å². The van der Waals surface area contributed by atoms with Gasteiger partial charge in [-0.1, -0.05) is 0 Å². The molecule has 1 heterocycles. The molecule has 0 aromatic heterocycles. The lowest BCUT2D eigenvalue weighted by Gasteiger charge is -2.42. The number of piperazine rings is 1. The number of hydrogen-bond acceptors (Lipinski definition) is 4. The normalized spacial score (nSPS) is 18.7. The van der Waals surface area contributed by atoms with Crippen LogP contribution in [0.2, 0.25) is 0 Å². The van der Waals surface area contributed by atoms with Gasteiger partial charge in [-0.3, -0.25) is 14.9 Å². The van der Waals surface area contributed by atoms with Crippen LogP contribution in [0.4, 0.5) is 11.4 Å². The van der Waals surface area contributed by atoms with Crippen LogP contribution in [0.5, 0.6) is 0 Å². The van der Waals surface area contributed by atoms with Gasteiger partial charge in [0.15, 0.2) is 0 Å². The fourth-order valence-electron chi connectivity index (χ4n) is 1.94. The van der Waals surface area contributed by atoms with E-state index in [1.54, 1.807) is 18.7 Å². The number of nitrogens with zero attached hydrogens (tertiary/aromatic N) is 1. The van der Waals surface area contributed by atoms with Crippen LogP contribution in [-0.4, -0.2) is 23.9 Å². The van der Waals surface area contributed by atoms with Gasteiger partial charge in [0, 0.05) is 3.57 Å². The van der Waals surface area contributed by atoms with Crippen molar-refractivity contribution in [2.45, 2.75) is 19.4 Å². The minimum Gasteiger partial charge on any atom is -0.397 e. The van der Waals surface area contributed by atoms with Gasteiger partial charge in [-0.25, -0.2) is 0 Å². The van der Waals surface area contributed by atoms with E-state index in [2.05, 4.69) is 27.9 Å². The summed E-state index contributed by atoms with van der Waals surface area (Å²) in [5.74, 6) is -0.617. The fraction of sp³-hybridized carbons (Fsp3) is 0.333. The fourth-order valence-corrected chi connectivity index (χ4v) is 2.46. The Balaban J connectivity index is 2.47. The maximum Gasteiger partial charge on any atom is 0.251 e. The summed E-state index contributed by atoms with van der Waals surface area (Å²) in [5, 5.41) is 2.34. The van der Waals surface area contributed by atoms with Crippen molar-refractivity contribution in [2.75, 3.05) is 17.2 Å². The number of benzene rings is 1. The highest BCUT2D eigenvalue weighted by Gasteiger charge is 2.41. The molecule has 0 atom stereocenters. The number of amides is 2. The molecule has 1 aromatic rings. The summed E-state index contributed by atoms with van der Waals surface area (Å²) in [6, 6.07) is 5.56. The number of anilines is 2. The molecule has 96 valence electrons. The van der Waals surface area contributed by atoms with Gasteiger partial charge in [0.25, 0.3) is 5.91 Å². The molecule has 1 fully saturated rings. The first-order valence-electron chi connectivity index (χ1n) is 5.49. The summed E-state index contributed by atoms with van der Waals surface area (Å²) in [6.45, 7) is 3.67. The maximum absolute atomic E-state index is 11.9. The van der Waals surface area contributed by atoms with Crippen LogP contribution < -0.4 is 16.0 Å². The number of carbonyl (C=O) groups is 2. The highest BCUT2D eigenvalue weighted by atomic mass is 127. The first-order chi connectivity index (χ1) is 8.32. The highest BCUT2D eigenvalue weighted by Crippen LogP contribution is 2.32. The third-order valence-electron chi connectivity index (χ3n) is 3.07. The minimum absolute atomic E-state index is 0.129. The number of carbonyl (C=O) groups excluding carboxylic acids is 2. The molecule has 0 saturated carbocycles. The summed E-state index contributed by atoms with van der Waals surface area (Å²) < 4.78 is 1.01. The Labute approximate surface area is 119 Å². The maximum atomic E-state index is 11.9. The molecule has 1 aliphatic rings. The number of rotatable bonds is 1. The van der Waals surface area contributed by atoms with E-state index < -0.39 is 5.54 Å². The lowest BCUT2D eigenvalue weighted by atomic mass is 9.97. The molecule has 6 heteroatoms. The van der Waals surface area contributed by atoms with Crippen molar-refractivity contribution in [1.29, 1.82) is 0 Å². The summed E-state index contributed by atoms with van der Waals surface area (Å²) in [4.78, 5) is 25.1. The first kappa shape index (κ1) is 13.1. The molecule has 0 bridgehead atoms. The van der Waals surface area contributed by atoms with E-state index >= 15 is 0 Å². The summed E-state index contributed by atoms with van der Waals surface area (Å²) >= 11 is 2.17. The minimum atomic E-state index is -0.797. The van der Waals surface area contributed by atoms with Crippen molar-refractivity contribution < 1.29 is 9.59 Å². The topological polar surface area (TPSA) is 75.4 Å². The molecule has 18 heavy (non-hydrogen) atoms. The Morgan fingerprint density at radius 2 is 2.06 bits per heavy atom. The molecule has 0 aliphatic carbocycles. The van der Waals surface area contributed by atoms with Gasteiger partial charge in [-0.15, -0.1) is 0 Å². The van der Waals surface area contributed by atoms with E-state index in [0.717, 1.165) is 3.57 Å². The summed E-state index contributed by atoms with van der Waals surface area (Å²) in [7, 11) is 0. The number of halogens is 1. The second-order valence-electron chi connectivity index (χ2n) is 4.73. The zero-order valence-corrected chi connectivity index (χ0v) is 12.3. The summed E-state index contributed by atoms with van der Waals surface area (Å²) in [5.41, 5.74) is 6.46. The average molecular weight is 359 g/mol. The van der Waals surface area contributed by atoms with Crippen molar-refractivity contribution in [1.82, 2.24) is 5.32 Å². The van der Waals surface area contributed by atoms with E-state index in [-0.39, 0.29) is 18.4 Å². The monoisotopic (exact) mass is 359 g/mol. The number of hydrogen-bond donors (Lipinski definition) is 2. The zero-order valence-electron chi connectivity index (χ0n) is 10.2. The van der Waals surface area contributed by atoms with Gasteiger partial charge in [0.2, 0.25) is 5.91 Å². The van der Waals surface area contributed by atoms with E-state index in [1.807, 2.05) is 18.2 Å². The van der Waals surface area contributed by atoms with Gasteiger partial charge in [-0.2, -0.15) is 0 Å². The van der Waals surface area contributed by atoms with Crippen LogP contribution in [0.1, 0.15) is 13.8 Å². The van der Waals surface area contributed by atoms with Gasteiger partial charge in [-0.05, 0) is 54.6 Å². The van der Waals surface area contributed by atoms with Crippen LogP contribution in [0.15, 0.2) is 18.2 Å².